The van der Waals surface area contributed by atoms with Crippen molar-refractivity contribution in [3.05, 3.63) is 35.0 Å². The molecular weight excluding hydrogens is 336 g/mol. The Morgan fingerprint density at radius 1 is 1.48 bits per heavy atom. The van der Waals surface area contributed by atoms with Gasteiger partial charge in [0.2, 0.25) is 11.8 Å². The van der Waals surface area contributed by atoms with Gasteiger partial charge in [-0.3, -0.25) is 9.69 Å². The highest BCUT2D eigenvalue weighted by atomic mass is 32.1. The Bertz CT molecular complexity index is 719. The van der Waals surface area contributed by atoms with Gasteiger partial charge in [-0.1, -0.05) is 0 Å². The second-order valence-corrected chi connectivity index (χ2v) is 7.58. The molecule has 2 aromatic heterocycles. The lowest BCUT2D eigenvalue weighted by molar-refractivity contribution is -0.114. The smallest absolute Gasteiger partial charge is 0.223 e. The van der Waals surface area contributed by atoms with Crippen LogP contribution in [-0.4, -0.2) is 41.0 Å². The quantitative estimate of drug-likeness (QED) is 0.858. The topological polar surface area (TPSA) is 67.3 Å². The van der Waals surface area contributed by atoms with Crippen LogP contribution in [0.15, 0.2) is 24.5 Å². The van der Waals surface area contributed by atoms with Crippen LogP contribution in [0.5, 0.6) is 5.88 Å². The molecule has 134 valence electrons. The van der Waals surface area contributed by atoms with Crippen LogP contribution < -0.4 is 10.1 Å². The molecule has 2 aromatic rings. The van der Waals surface area contributed by atoms with Crippen molar-refractivity contribution < 1.29 is 9.53 Å². The van der Waals surface area contributed by atoms with Crippen molar-refractivity contribution in [1.82, 2.24) is 14.9 Å². The van der Waals surface area contributed by atoms with Crippen molar-refractivity contribution in [2.24, 2.45) is 5.92 Å². The first kappa shape index (κ1) is 17.8. The van der Waals surface area contributed by atoms with Crippen LogP contribution in [-0.2, 0) is 17.8 Å². The molecule has 1 amide bonds. The summed E-state index contributed by atoms with van der Waals surface area (Å²) in [5.41, 5.74) is 1.28. The number of amides is 1. The summed E-state index contributed by atoms with van der Waals surface area (Å²) < 4.78 is 5.22. The van der Waals surface area contributed by atoms with E-state index in [0.717, 1.165) is 26.1 Å². The number of pyridine rings is 1. The Kier molecular flexibility index (Phi) is 5.99. The predicted octanol–water partition coefficient (Wildman–Crippen LogP) is 2.96. The fourth-order valence-electron chi connectivity index (χ4n) is 3.29. The molecule has 3 rings (SSSR count). The van der Waals surface area contributed by atoms with Gasteiger partial charge in [0.1, 0.15) is 0 Å². The Labute approximate surface area is 152 Å². The molecule has 3 heterocycles. The standard InChI is InChI=1S/C18H24N4O2S/c1-13(23)21-18-20-10-16(25-18)12-22-7-3-4-15(11-22)8-14-5-6-19-17(9-14)24-2/h5-6,9-10,15H,3-4,7-8,11-12H2,1-2H3,(H,20,21,23). The number of rotatable bonds is 6. The molecule has 0 saturated carbocycles. The molecule has 0 bridgehead atoms. The number of ether oxygens (including phenoxy) is 1. The fourth-order valence-corrected chi connectivity index (χ4v) is 4.19. The van der Waals surface area contributed by atoms with Crippen molar-refractivity contribution in [2.75, 3.05) is 25.5 Å². The number of methoxy groups -OCH3 is 1. The molecule has 0 radical (unpaired) electrons. The van der Waals surface area contributed by atoms with E-state index in [2.05, 4.69) is 26.3 Å². The molecule has 1 atom stereocenters. The average molecular weight is 360 g/mol. The molecule has 0 aromatic carbocycles. The van der Waals surface area contributed by atoms with E-state index in [-0.39, 0.29) is 5.91 Å². The van der Waals surface area contributed by atoms with E-state index in [1.807, 2.05) is 18.5 Å². The number of likely N-dealkylation sites (tertiary alicyclic amines) is 1. The highest BCUT2D eigenvalue weighted by Crippen LogP contribution is 2.25. The maximum Gasteiger partial charge on any atom is 0.223 e. The minimum absolute atomic E-state index is 0.0771. The van der Waals surface area contributed by atoms with Crippen LogP contribution in [0, 0.1) is 5.92 Å². The van der Waals surface area contributed by atoms with E-state index in [9.17, 15) is 4.79 Å². The van der Waals surface area contributed by atoms with Crippen molar-refractivity contribution in [2.45, 2.75) is 32.7 Å². The van der Waals surface area contributed by atoms with Crippen LogP contribution in [0.4, 0.5) is 5.13 Å². The van der Waals surface area contributed by atoms with Gasteiger partial charge in [-0.25, -0.2) is 9.97 Å². The van der Waals surface area contributed by atoms with Gasteiger partial charge in [0.15, 0.2) is 5.13 Å². The van der Waals surface area contributed by atoms with Gasteiger partial charge in [-0.2, -0.15) is 0 Å². The van der Waals surface area contributed by atoms with E-state index in [4.69, 9.17) is 4.74 Å². The molecular formula is C18H24N4O2S. The van der Waals surface area contributed by atoms with Gasteiger partial charge >= 0.3 is 0 Å². The summed E-state index contributed by atoms with van der Waals surface area (Å²) >= 11 is 1.56. The van der Waals surface area contributed by atoms with Gasteiger partial charge in [0.25, 0.3) is 0 Å². The first-order valence-electron chi connectivity index (χ1n) is 8.56. The second kappa shape index (κ2) is 8.40. The molecule has 1 N–H and O–H groups in total. The zero-order valence-corrected chi connectivity index (χ0v) is 15.5. The number of hydrogen-bond donors (Lipinski definition) is 1. The highest BCUT2D eigenvalue weighted by Gasteiger charge is 2.21. The number of aromatic nitrogens is 2. The monoisotopic (exact) mass is 360 g/mol. The van der Waals surface area contributed by atoms with Gasteiger partial charge in [0, 0.05) is 43.4 Å². The maximum absolute atomic E-state index is 11.1. The summed E-state index contributed by atoms with van der Waals surface area (Å²) in [7, 11) is 1.65. The van der Waals surface area contributed by atoms with Crippen molar-refractivity contribution >= 4 is 22.4 Å². The number of nitrogens with zero attached hydrogens (tertiary/aromatic N) is 3. The summed E-state index contributed by atoms with van der Waals surface area (Å²) in [5, 5.41) is 3.43. The van der Waals surface area contributed by atoms with Gasteiger partial charge < -0.3 is 10.1 Å². The van der Waals surface area contributed by atoms with Crippen molar-refractivity contribution in [3.8, 4) is 5.88 Å². The van der Waals surface area contributed by atoms with E-state index in [0.29, 0.717) is 16.9 Å². The third-order valence-corrected chi connectivity index (χ3v) is 5.25. The minimum atomic E-state index is -0.0771. The molecule has 7 heteroatoms. The van der Waals surface area contributed by atoms with Gasteiger partial charge in [0.05, 0.1) is 7.11 Å². The van der Waals surface area contributed by atoms with Crippen LogP contribution >= 0.6 is 11.3 Å². The highest BCUT2D eigenvalue weighted by molar-refractivity contribution is 7.15. The largest absolute Gasteiger partial charge is 0.481 e. The molecule has 0 spiro atoms. The number of anilines is 1. The van der Waals surface area contributed by atoms with Crippen LogP contribution in [0.25, 0.3) is 0 Å². The summed E-state index contributed by atoms with van der Waals surface area (Å²) in [6.45, 7) is 4.60. The zero-order valence-electron chi connectivity index (χ0n) is 14.7. The third-order valence-electron chi connectivity index (χ3n) is 4.35. The van der Waals surface area contributed by atoms with Crippen LogP contribution in [0.1, 0.15) is 30.2 Å². The van der Waals surface area contributed by atoms with Crippen molar-refractivity contribution in [3.63, 3.8) is 0 Å². The first-order chi connectivity index (χ1) is 12.1. The van der Waals surface area contributed by atoms with Gasteiger partial charge in [-0.05, 0) is 43.4 Å². The number of thiazole rings is 1. The minimum Gasteiger partial charge on any atom is -0.481 e. The lowest BCUT2D eigenvalue weighted by Crippen LogP contribution is -2.35. The molecule has 1 saturated heterocycles. The molecule has 0 aliphatic carbocycles. The summed E-state index contributed by atoms with van der Waals surface area (Å²) in [5.74, 6) is 1.25. The zero-order chi connectivity index (χ0) is 17.6. The summed E-state index contributed by atoms with van der Waals surface area (Å²) in [6.07, 6.45) is 7.20. The van der Waals surface area contributed by atoms with Crippen LogP contribution in [0.3, 0.4) is 0 Å². The molecule has 1 fully saturated rings. The van der Waals surface area contributed by atoms with E-state index in [1.165, 1.54) is 30.2 Å². The lowest BCUT2D eigenvalue weighted by atomic mass is 9.91. The fraction of sp³-hybridized carbons (Fsp3) is 0.500. The first-order valence-corrected chi connectivity index (χ1v) is 9.37. The number of nitrogens with one attached hydrogen (secondary N) is 1. The Morgan fingerprint density at radius 2 is 2.36 bits per heavy atom. The Morgan fingerprint density at radius 3 is 3.16 bits per heavy atom. The molecule has 6 nitrogen and oxygen atoms in total. The van der Waals surface area contributed by atoms with E-state index < -0.39 is 0 Å². The Hall–Kier alpha value is -1.99. The maximum atomic E-state index is 11.1. The number of carbonyl (C=O) groups is 1. The predicted molar refractivity (Wildman–Crippen MR) is 98.9 cm³/mol. The molecule has 1 unspecified atom stereocenters. The Balaban J connectivity index is 1.55. The average Bonchev–Trinajstić information content (AvgIpc) is 3.01. The van der Waals surface area contributed by atoms with E-state index >= 15 is 0 Å². The lowest BCUT2D eigenvalue weighted by Gasteiger charge is -2.32. The second-order valence-electron chi connectivity index (χ2n) is 6.47. The summed E-state index contributed by atoms with van der Waals surface area (Å²) in [6, 6.07) is 4.10. The van der Waals surface area contributed by atoms with Crippen LogP contribution in [0.2, 0.25) is 0 Å². The normalized spacial score (nSPS) is 18.1. The third kappa shape index (κ3) is 5.24. The molecule has 1 aliphatic heterocycles. The SMILES string of the molecule is COc1cc(CC2CCCN(Cc3cnc(NC(C)=O)s3)C2)ccn1. The molecule has 25 heavy (non-hydrogen) atoms. The number of piperidine rings is 1. The number of hydrogen-bond acceptors (Lipinski definition) is 6. The van der Waals surface area contributed by atoms with Crippen molar-refractivity contribution in [1.29, 1.82) is 0 Å². The molecule has 1 aliphatic rings. The summed E-state index contributed by atoms with van der Waals surface area (Å²) in [4.78, 5) is 23.2. The van der Waals surface area contributed by atoms with Gasteiger partial charge in [-0.15, -0.1) is 11.3 Å². The number of carbonyl (C=O) groups excluding carboxylic acids is 1. The van der Waals surface area contributed by atoms with E-state index in [1.54, 1.807) is 18.4 Å².